The Kier molecular flexibility index (Phi) is 11.5. The maximum Gasteiger partial charge on any atom is 0.407 e. The van der Waals surface area contributed by atoms with Crippen LogP contribution in [0, 0.1) is 11.8 Å². The molecule has 11 heteroatoms. The van der Waals surface area contributed by atoms with Crippen molar-refractivity contribution >= 4 is 29.4 Å². The zero-order valence-corrected chi connectivity index (χ0v) is 28.8. The van der Waals surface area contributed by atoms with Crippen LogP contribution in [0.1, 0.15) is 68.8 Å². The number of nitrogens with zero attached hydrogens (tertiary/aromatic N) is 2. The second-order valence-electron chi connectivity index (χ2n) is 14.4. The first-order valence-corrected chi connectivity index (χ1v) is 17.2. The molecule has 2 amide bonds. The highest BCUT2D eigenvalue weighted by molar-refractivity contribution is 6.16. The third-order valence-electron chi connectivity index (χ3n) is 9.88. The second-order valence-corrected chi connectivity index (χ2v) is 14.4. The molecule has 260 valence electrons. The maximum atomic E-state index is 14.4. The van der Waals surface area contributed by atoms with Gasteiger partial charge >= 0.3 is 12.1 Å². The molecule has 0 aromatic heterocycles. The lowest BCUT2D eigenvalue weighted by Crippen LogP contribution is -2.59. The predicted molar refractivity (Wildman–Crippen MR) is 184 cm³/mol. The van der Waals surface area contributed by atoms with Crippen LogP contribution in [0.4, 0.5) is 10.5 Å². The fourth-order valence-corrected chi connectivity index (χ4v) is 7.21. The highest BCUT2D eigenvalue weighted by atomic mass is 16.6. The van der Waals surface area contributed by atoms with Crippen molar-refractivity contribution in [1.29, 1.82) is 0 Å². The first-order valence-electron chi connectivity index (χ1n) is 17.2. The maximum absolute atomic E-state index is 14.4. The first-order chi connectivity index (χ1) is 23.0. The van der Waals surface area contributed by atoms with Gasteiger partial charge in [-0.25, -0.2) is 9.59 Å². The van der Waals surface area contributed by atoms with Gasteiger partial charge in [-0.3, -0.25) is 24.7 Å². The van der Waals surface area contributed by atoms with E-state index in [1.54, 1.807) is 24.3 Å². The van der Waals surface area contributed by atoms with E-state index in [-0.39, 0.29) is 29.6 Å². The lowest BCUT2D eigenvalue weighted by atomic mass is 9.73. The van der Waals surface area contributed by atoms with Crippen LogP contribution in [0.5, 0.6) is 0 Å². The third kappa shape index (κ3) is 9.00. The zero-order valence-electron chi connectivity index (χ0n) is 28.8. The molecular formula is C37H51N5O6. The smallest absolute Gasteiger partial charge is 0.407 e. The van der Waals surface area contributed by atoms with Gasteiger partial charge in [0.15, 0.2) is 11.3 Å². The van der Waals surface area contributed by atoms with E-state index < -0.39 is 23.2 Å². The largest absolute Gasteiger partial charge is 0.465 e. The lowest BCUT2D eigenvalue weighted by molar-refractivity contribution is -0.137. The van der Waals surface area contributed by atoms with Gasteiger partial charge in [-0.05, 0) is 88.6 Å². The van der Waals surface area contributed by atoms with Crippen molar-refractivity contribution in [3.05, 3.63) is 65.7 Å². The van der Waals surface area contributed by atoms with Crippen LogP contribution < -0.4 is 16.0 Å². The minimum atomic E-state index is -1.36. The van der Waals surface area contributed by atoms with Crippen molar-refractivity contribution < 1.29 is 28.7 Å². The Bertz CT molecular complexity index is 1410. The summed E-state index contributed by atoms with van der Waals surface area (Å²) in [6.07, 6.45) is 2.85. The van der Waals surface area contributed by atoms with Gasteiger partial charge in [-0.1, -0.05) is 30.3 Å². The number of amides is 2. The number of ether oxygens (including phenoxy) is 2. The Balaban J connectivity index is 1.24. The summed E-state index contributed by atoms with van der Waals surface area (Å²) in [7, 11) is 1.32. The van der Waals surface area contributed by atoms with Crippen LogP contribution in [-0.2, 0) is 25.6 Å². The number of anilines is 1. The number of carbonyl (C=O) groups excluding carboxylic acids is 4. The van der Waals surface area contributed by atoms with E-state index in [1.807, 2.05) is 26.8 Å². The number of nitrogens with one attached hydrogen (secondary N) is 3. The molecule has 0 spiro atoms. The summed E-state index contributed by atoms with van der Waals surface area (Å²) >= 11 is 0. The molecule has 48 heavy (non-hydrogen) atoms. The molecule has 3 fully saturated rings. The summed E-state index contributed by atoms with van der Waals surface area (Å²) in [5.41, 5.74) is 0.263. The first kappa shape index (κ1) is 35.5. The van der Waals surface area contributed by atoms with Gasteiger partial charge in [0.25, 0.3) is 5.91 Å². The summed E-state index contributed by atoms with van der Waals surface area (Å²) in [5, 5.41) is 9.29. The Morgan fingerprint density at radius 3 is 2.21 bits per heavy atom. The standard InChI is InChI=1S/C37H51N5O6/c1-36(2,3)48-35(46)38-23-26-10-12-28(13-11-26)32(43)37(34(45)40-30-16-14-29(15-17-30)33(44)47-4)22-31(24-39-37)42-20-18-41(19-21-42)25-27-8-6-5-7-9-27/h5-9,14-17,26,28,31,39H,10-13,18-25H2,1-4H3,(H,38,46)(H,40,45)/t26-,28+,31-,37-/m0/s1. The van der Waals surface area contributed by atoms with Crippen molar-refractivity contribution in [2.45, 2.75) is 76.6 Å². The molecule has 2 atom stereocenters. The molecule has 11 nitrogen and oxygen atoms in total. The number of hydrogen-bond acceptors (Lipinski definition) is 9. The van der Waals surface area contributed by atoms with Crippen molar-refractivity contribution in [2.75, 3.05) is 51.7 Å². The van der Waals surface area contributed by atoms with Crippen molar-refractivity contribution in [1.82, 2.24) is 20.4 Å². The molecule has 2 aromatic rings. The highest BCUT2D eigenvalue weighted by Gasteiger charge is 2.54. The van der Waals surface area contributed by atoms with E-state index >= 15 is 0 Å². The molecule has 5 rings (SSSR count). The van der Waals surface area contributed by atoms with Crippen molar-refractivity contribution in [2.24, 2.45) is 11.8 Å². The Labute approximate surface area is 284 Å². The van der Waals surface area contributed by atoms with Gasteiger partial charge < -0.3 is 20.1 Å². The molecule has 0 unspecified atom stereocenters. The molecule has 0 radical (unpaired) electrons. The normalized spacial score (nSPS) is 25.2. The van der Waals surface area contributed by atoms with E-state index in [0.29, 0.717) is 43.6 Å². The molecule has 1 saturated carbocycles. The van der Waals surface area contributed by atoms with Crippen LogP contribution in [0.2, 0.25) is 0 Å². The lowest BCUT2D eigenvalue weighted by Gasteiger charge is -2.38. The number of hydrogen-bond donors (Lipinski definition) is 3. The number of carbonyl (C=O) groups is 4. The molecule has 3 aliphatic rings. The van der Waals surface area contributed by atoms with Crippen molar-refractivity contribution in [3.63, 3.8) is 0 Å². The third-order valence-corrected chi connectivity index (χ3v) is 9.88. The van der Waals surface area contributed by atoms with Crippen LogP contribution in [-0.4, -0.2) is 97.1 Å². The second kappa shape index (κ2) is 15.6. The molecule has 1 aliphatic carbocycles. The Morgan fingerprint density at radius 2 is 1.58 bits per heavy atom. The Hall–Kier alpha value is -3.80. The number of rotatable bonds is 10. The number of ketones is 1. The quantitative estimate of drug-likeness (QED) is 0.253. The van der Waals surface area contributed by atoms with Crippen LogP contribution in [0.25, 0.3) is 0 Å². The summed E-state index contributed by atoms with van der Waals surface area (Å²) < 4.78 is 10.2. The SMILES string of the molecule is COC(=O)c1ccc(NC(=O)[C@@]2(C(=O)[C@H]3CC[C@@H](CNC(=O)OC(C)(C)C)CC3)C[C@H](N3CCN(Cc4ccccc4)CC3)CN2)cc1. The van der Waals surface area contributed by atoms with Gasteiger partial charge in [-0.15, -0.1) is 0 Å². The van der Waals surface area contributed by atoms with Gasteiger partial charge in [0, 0.05) is 63.5 Å². The van der Waals surface area contributed by atoms with E-state index in [2.05, 4.69) is 50.0 Å². The zero-order chi connectivity index (χ0) is 34.3. The van der Waals surface area contributed by atoms with Gasteiger partial charge in [0.2, 0.25) is 0 Å². The monoisotopic (exact) mass is 661 g/mol. The number of esters is 1. The number of alkyl carbamates (subject to hydrolysis) is 1. The van der Waals surface area contributed by atoms with Crippen molar-refractivity contribution in [3.8, 4) is 0 Å². The number of benzene rings is 2. The summed E-state index contributed by atoms with van der Waals surface area (Å²) in [6, 6.07) is 17.0. The molecule has 0 bridgehead atoms. The summed E-state index contributed by atoms with van der Waals surface area (Å²) in [5.74, 6) is -0.895. The van der Waals surface area contributed by atoms with E-state index in [1.165, 1.54) is 12.7 Å². The fourth-order valence-electron chi connectivity index (χ4n) is 7.21. The number of piperazine rings is 1. The van der Waals surface area contributed by atoms with Crippen LogP contribution in [0.15, 0.2) is 54.6 Å². The predicted octanol–water partition coefficient (Wildman–Crippen LogP) is 4.23. The average molecular weight is 662 g/mol. The fraction of sp³-hybridized carbons (Fsp3) is 0.568. The average Bonchev–Trinajstić information content (AvgIpc) is 3.54. The minimum Gasteiger partial charge on any atom is -0.465 e. The van der Waals surface area contributed by atoms with Gasteiger partial charge in [0.1, 0.15) is 5.60 Å². The van der Waals surface area contributed by atoms with E-state index in [9.17, 15) is 19.2 Å². The summed E-state index contributed by atoms with van der Waals surface area (Å²) in [4.78, 5) is 57.6. The van der Waals surface area contributed by atoms with Gasteiger partial charge in [-0.2, -0.15) is 0 Å². The molecule has 2 saturated heterocycles. The number of Topliss-reactive ketones (excluding diaryl/α,β-unsaturated/α-hetero) is 1. The van der Waals surface area contributed by atoms with Crippen LogP contribution in [0.3, 0.4) is 0 Å². The van der Waals surface area contributed by atoms with Crippen LogP contribution >= 0.6 is 0 Å². The topological polar surface area (TPSA) is 129 Å². The van der Waals surface area contributed by atoms with Gasteiger partial charge in [0.05, 0.1) is 12.7 Å². The molecule has 2 heterocycles. The number of methoxy groups -OCH3 is 1. The highest BCUT2D eigenvalue weighted by Crippen LogP contribution is 2.36. The molecular weight excluding hydrogens is 610 g/mol. The molecule has 3 N–H and O–H groups in total. The Morgan fingerprint density at radius 1 is 0.917 bits per heavy atom. The minimum absolute atomic E-state index is 0.0506. The molecule has 2 aliphatic heterocycles. The summed E-state index contributed by atoms with van der Waals surface area (Å²) in [6.45, 7) is 11.0. The molecule has 2 aromatic carbocycles. The van der Waals surface area contributed by atoms with E-state index in [4.69, 9.17) is 9.47 Å². The van der Waals surface area contributed by atoms with E-state index in [0.717, 1.165) is 45.6 Å².